The van der Waals surface area contributed by atoms with E-state index in [0.717, 1.165) is 0 Å². The van der Waals surface area contributed by atoms with Crippen molar-refractivity contribution in [3.05, 3.63) is 69.2 Å². The third-order valence-electron chi connectivity index (χ3n) is 4.95. The summed E-state index contributed by atoms with van der Waals surface area (Å²) in [5, 5.41) is 20.6. The average Bonchev–Trinajstić information content (AvgIpc) is 3.02. The second-order valence-corrected chi connectivity index (χ2v) is 7.80. The van der Waals surface area contributed by atoms with Gasteiger partial charge in [0.2, 0.25) is 0 Å². The number of nitrogens with zero attached hydrogens (tertiary/aromatic N) is 1. The summed E-state index contributed by atoms with van der Waals surface area (Å²) >= 11 is 12.4. The molecule has 0 spiro atoms. The third-order valence-corrected chi connectivity index (χ3v) is 5.51. The van der Waals surface area contributed by atoms with E-state index in [2.05, 4.69) is 0 Å². The average molecular weight is 480 g/mol. The van der Waals surface area contributed by atoms with Crippen molar-refractivity contribution in [2.75, 3.05) is 33.0 Å². The number of carbonyl (C=O) groups is 2. The van der Waals surface area contributed by atoms with Gasteiger partial charge in [0.25, 0.3) is 11.7 Å². The summed E-state index contributed by atoms with van der Waals surface area (Å²) in [7, 11) is 0. The van der Waals surface area contributed by atoms with E-state index in [1.807, 2.05) is 6.92 Å². The number of likely N-dealkylation sites (tertiary alicyclic amines) is 1. The van der Waals surface area contributed by atoms with Gasteiger partial charge in [-0.15, -0.1) is 0 Å². The molecule has 2 N–H and O–H groups in total. The number of ketones is 1. The molecule has 1 heterocycles. The SMILES string of the molecule is CCOc1ccc(C(O)=C2C(=O)C(=O)N(CCOCCO)[C@H]2c2ccc(Cl)cc2Cl)cc1. The molecule has 3 rings (SSSR count). The molecule has 0 bridgehead atoms. The van der Waals surface area contributed by atoms with E-state index >= 15 is 0 Å². The Labute approximate surface area is 195 Å². The number of aliphatic hydroxyl groups is 2. The Bertz CT molecular complexity index is 1020. The number of aliphatic hydroxyl groups excluding tert-OH is 2. The Morgan fingerprint density at radius 2 is 1.81 bits per heavy atom. The fourth-order valence-electron chi connectivity index (χ4n) is 3.52. The summed E-state index contributed by atoms with van der Waals surface area (Å²) in [5.74, 6) is -1.31. The molecule has 0 unspecified atom stereocenters. The Morgan fingerprint density at radius 1 is 1.09 bits per heavy atom. The first-order valence-corrected chi connectivity index (χ1v) is 10.8. The van der Waals surface area contributed by atoms with Crippen LogP contribution in [-0.4, -0.2) is 59.8 Å². The fraction of sp³-hybridized carbons (Fsp3) is 0.304. The van der Waals surface area contributed by atoms with Crippen molar-refractivity contribution >= 4 is 40.7 Å². The first-order valence-electron chi connectivity index (χ1n) is 10.0. The van der Waals surface area contributed by atoms with Gasteiger partial charge >= 0.3 is 0 Å². The summed E-state index contributed by atoms with van der Waals surface area (Å²) in [6.45, 7) is 2.44. The molecule has 0 aromatic heterocycles. The Kier molecular flexibility index (Phi) is 8.15. The minimum absolute atomic E-state index is 0.0637. The Balaban J connectivity index is 2.07. The molecule has 0 saturated carbocycles. The maximum Gasteiger partial charge on any atom is 0.295 e. The molecular weight excluding hydrogens is 457 g/mol. The van der Waals surface area contributed by atoms with Crippen LogP contribution in [0.1, 0.15) is 24.1 Å². The van der Waals surface area contributed by atoms with E-state index in [4.69, 9.17) is 37.8 Å². The molecule has 0 radical (unpaired) electrons. The molecule has 1 saturated heterocycles. The lowest BCUT2D eigenvalue weighted by molar-refractivity contribution is -0.140. The molecule has 7 nitrogen and oxygen atoms in total. The number of ether oxygens (including phenoxy) is 2. The van der Waals surface area contributed by atoms with Crippen molar-refractivity contribution in [3.8, 4) is 5.75 Å². The number of amides is 1. The highest BCUT2D eigenvalue weighted by Crippen LogP contribution is 2.42. The molecule has 1 aliphatic rings. The monoisotopic (exact) mass is 479 g/mol. The van der Waals surface area contributed by atoms with Gasteiger partial charge in [0.1, 0.15) is 11.5 Å². The smallest absolute Gasteiger partial charge is 0.295 e. The van der Waals surface area contributed by atoms with E-state index in [0.29, 0.717) is 28.5 Å². The number of carbonyl (C=O) groups excluding carboxylic acids is 2. The zero-order valence-electron chi connectivity index (χ0n) is 17.4. The standard InChI is InChI=1S/C23H23Cl2NO6/c1-2-32-16-6-3-14(4-7-16)21(28)19-20(17-8-5-15(24)13-18(17)25)26(23(30)22(19)29)9-11-31-12-10-27/h3-8,13,20,27-28H,2,9-12H2,1H3/t20-/m0/s1. The molecule has 9 heteroatoms. The maximum atomic E-state index is 13.0. The van der Waals surface area contributed by atoms with Crippen molar-refractivity contribution < 1.29 is 29.3 Å². The zero-order chi connectivity index (χ0) is 23.3. The molecule has 2 aromatic carbocycles. The van der Waals surface area contributed by atoms with Crippen LogP contribution in [0.25, 0.3) is 5.76 Å². The number of Topliss-reactive ketones (excluding diaryl/α,β-unsaturated/α-hetero) is 1. The maximum absolute atomic E-state index is 13.0. The van der Waals surface area contributed by atoms with Gasteiger partial charge in [-0.05, 0) is 48.9 Å². The topological polar surface area (TPSA) is 96.3 Å². The second-order valence-electron chi connectivity index (χ2n) is 6.95. The van der Waals surface area contributed by atoms with Crippen LogP contribution < -0.4 is 4.74 Å². The van der Waals surface area contributed by atoms with Crippen LogP contribution >= 0.6 is 23.2 Å². The molecule has 32 heavy (non-hydrogen) atoms. The number of benzene rings is 2. The van der Waals surface area contributed by atoms with Crippen LogP contribution in [0, 0.1) is 0 Å². The van der Waals surface area contributed by atoms with Crippen molar-refractivity contribution in [1.82, 2.24) is 4.90 Å². The van der Waals surface area contributed by atoms with Crippen LogP contribution in [0.2, 0.25) is 10.0 Å². The Hall–Kier alpha value is -2.58. The van der Waals surface area contributed by atoms with Crippen LogP contribution in [0.5, 0.6) is 5.75 Å². The second kappa shape index (κ2) is 10.8. The molecule has 1 fully saturated rings. The first-order chi connectivity index (χ1) is 15.4. The van der Waals surface area contributed by atoms with Crippen LogP contribution in [0.4, 0.5) is 0 Å². The zero-order valence-corrected chi connectivity index (χ0v) is 18.9. The minimum Gasteiger partial charge on any atom is -0.507 e. The van der Waals surface area contributed by atoms with Gasteiger partial charge < -0.3 is 24.6 Å². The van der Waals surface area contributed by atoms with Crippen LogP contribution in [0.3, 0.4) is 0 Å². The van der Waals surface area contributed by atoms with Crippen LogP contribution in [-0.2, 0) is 14.3 Å². The van der Waals surface area contributed by atoms with Crippen molar-refractivity contribution in [2.45, 2.75) is 13.0 Å². The molecule has 2 aromatic rings. The van der Waals surface area contributed by atoms with Crippen molar-refractivity contribution in [1.29, 1.82) is 0 Å². The van der Waals surface area contributed by atoms with Crippen molar-refractivity contribution in [2.24, 2.45) is 0 Å². The van der Waals surface area contributed by atoms with E-state index in [1.165, 1.54) is 11.0 Å². The molecule has 0 aliphatic carbocycles. The molecule has 1 amide bonds. The van der Waals surface area contributed by atoms with E-state index in [9.17, 15) is 14.7 Å². The Morgan fingerprint density at radius 3 is 2.44 bits per heavy atom. The summed E-state index contributed by atoms with van der Waals surface area (Å²) in [6, 6.07) is 10.4. The number of hydrogen-bond acceptors (Lipinski definition) is 6. The number of halogens is 2. The highest BCUT2D eigenvalue weighted by molar-refractivity contribution is 6.47. The molecule has 1 aliphatic heterocycles. The first kappa shape index (κ1) is 24.1. The normalized spacial score (nSPS) is 17.8. The molecule has 170 valence electrons. The largest absolute Gasteiger partial charge is 0.507 e. The summed E-state index contributed by atoms with van der Waals surface area (Å²) in [5.41, 5.74) is 0.730. The van der Waals surface area contributed by atoms with Gasteiger partial charge in [0.05, 0.1) is 38.0 Å². The van der Waals surface area contributed by atoms with Gasteiger partial charge in [-0.2, -0.15) is 0 Å². The van der Waals surface area contributed by atoms with Gasteiger partial charge in [0, 0.05) is 22.2 Å². The summed E-state index contributed by atoms with van der Waals surface area (Å²) in [6.07, 6.45) is 0. The summed E-state index contributed by atoms with van der Waals surface area (Å²) < 4.78 is 10.7. The van der Waals surface area contributed by atoms with Crippen LogP contribution in [0.15, 0.2) is 48.0 Å². The minimum atomic E-state index is -0.927. The van der Waals surface area contributed by atoms with Gasteiger partial charge in [-0.25, -0.2) is 0 Å². The third kappa shape index (κ3) is 5.07. The predicted molar refractivity (Wildman–Crippen MR) is 121 cm³/mol. The predicted octanol–water partition coefficient (Wildman–Crippen LogP) is 3.82. The highest BCUT2D eigenvalue weighted by Gasteiger charge is 2.46. The number of hydrogen-bond donors (Lipinski definition) is 2. The highest BCUT2D eigenvalue weighted by atomic mass is 35.5. The van der Waals surface area contributed by atoms with Gasteiger partial charge in [0.15, 0.2) is 0 Å². The van der Waals surface area contributed by atoms with E-state index < -0.39 is 17.7 Å². The lowest BCUT2D eigenvalue weighted by Crippen LogP contribution is -2.33. The summed E-state index contributed by atoms with van der Waals surface area (Å²) in [4.78, 5) is 27.1. The van der Waals surface area contributed by atoms with Crippen molar-refractivity contribution in [3.63, 3.8) is 0 Å². The van der Waals surface area contributed by atoms with Gasteiger partial charge in [-0.1, -0.05) is 29.3 Å². The quantitative estimate of drug-likeness (QED) is 0.245. The van der Waals surface area contributed by atoms with Gasteiger partial charge in [-0.3, -0.25) is 9.59 Å². The lowest BCUT2D eigenvalue weighted by atomic mass is 9.95. The van der Waals surface area contributed by atoms with E-state index in [-0.39, 0.29) is 42.7 Å². The number of rotatable bonds is 9. The lowest BCUT2D eigenvalue weighted by Gasteiger charge is -2.26. The van der Waals surface area contributed by atoms with E-state index in [1.54, 1.807) is 36.4 Å². The fourth-order valence-corrected chi connectivity index (χ4v) is 4.03. The molecule has 1 atom stereocenters. The molecular formula is C23H23Cl2NO6.